The van der Waals surface area contributed by atoms with Crippen LogP contribution in [0, 0.1) is 0 Å². The molecular formula is C13H11F3N6O. The van der Waals surface area contributed by atoms with Crippen LogP contribution in [-0.2, 0) is 19.8 Å². The summed E-state index contributed by atoms with van der Waals surface area (Å²) in [7, 11) is 1.81. The molecule has 3 heterocycles. The Balaban J connectivity index is 1.98. The van der Waals surface area contributed by atoms with Crippen LogP contribution in [0.2, 0.25) is 0 Å². The van der Waals surface area contributed by atoms with Crippen molar-refractivity contribution >= 4 is 16.9 Å². The first-order valence-corrected chi connectivity index (χ1v) is 6.52. The highest BCUT2D eigenvalue weighted by atomic mass is 19.4. The van der Waals surface area contributed by atoms with E-state index < -0.39 is 17.6 Å². The molecule has 120 valence electrons. The van der Waals surface area contributed by atoms with Gasteiger partial charge in [-0.05, 0) is 12.1 Å². The quantitative estimate of drug-likeness (QED) is 0.765. The maximum absolute atomic E-state index is 12.7. The summed E-state index contributed by atoms with van der Waals surface area (Å²) in [4.78, 5) is 25.0. The molecule has 3 aromatic heterocycles. The Bertz CT molecular complexity index is 914. The van der Waals surface area contributed by atoms with Gasteiger partial charge in [-0.1, -0.05) is 0 Å². The minimum atomic E-state index is -4.59. The number of aryl methyl sites for hydroxylation is 1. The third kappa shape index (κ3) is 3.15. The van der Waals surface area contributed by atoms with Crippen molar-refractivity contribution in [2.75, 3.05) is 5.32 Å². The van der Waals surface area contributed by atoms with Gasteiger partial charge in [-0.2, -0.15) is 18.2 Å². The van der Waals surface area contributed by atoms with Gasteiger partial charge in [0.05, 0.1) is 24.0 Å². The second-order valence-electron chi connectivity index (χ2n) is 4.87. The first-order chi connectivity index (χ1) is 10.8. The summed E-state index contributed by atoms with van der Waals surface area (Å²) in [6.45, 7) is 0.271. The van der Waals surface area contributed by atoms with Crippen molar-refractivity contribution in [3.8, 4) is 0 Å². The number of aromatic nitrogens is 5. The number of pyridine rings is 1. The number of aromatic amines is 1. The van der Waals surface area contributed by atoms with Crippen LogP contribution in [0.25, 0.3) is 11.0 Å². The van der Waals surface area contributed by atoms with E-state index in [0.717, 1.165) is 6.07 Å². The first-order valence-electron chi connectivity index (χ1n) is 6.52. The van der Waals surface area contributed by atoms with Crippen LogP contribution in [-0.4, -0.2) is 24.5 Å². The minimum Gasteiger partial charge on any atom is -0.364 e. The second kappa shape index (κ2) is 5.38. The molecule has 0 atom stereocenters. The molecule has 23 heavy (non-hydrogen) atoms. The smallest absolute Gasteiger partial charge is 0.364 e. The largest absolute Gasteiger partial charge is 0.433 e. The predicted molar refractivity (Wildman–Crippen MR) is 75.7 cm³/mol. The topological polar surface area (TPSA) is 88.5 Å². The highest BCUT2D eigenvalue weighted by Crippen LogP contribution is 2.29. The number of hydrogen-bond acceptors (Lipinski definition) is 5. The fourth-order valence-corrected chi connectivity index (χ4v) is 2.06. The molecule has 3 rings (SSSR count). The Morgan fingerprint density at radius 2 is 2.09 bits per heavy atom. The van der Waals surface area contributed by atoms with Crippen LogP contribution in [0.1, 0.15) is 11.4 Å². The van der Waals surface area contributed by atoms with E-state index >= 15 is 0 Å². The second-order valence-corrected chi connectivity index (χ2v) is 4.87. The van der Waals surface area contributed by atoms with Gasteiger partial charge in [-0.15, -0.1) is 0 Å². The summed E-state index contributed by atoms with van der Waals surface area (Å²) in [5.74, 6) is 0.149. The zero-order chi connectivity index (χ0) is 16.6. The van der Waals surface area contributed by atoms with E-state index in [0.29, 0.717) is 5.69 Å². The fraction of sp³-hybridized carbons (Fsp3) is 0.231. The molecule has 0 aliphatic heterocycles. The molecule has 0 saturated heterocycles. The summed E-state index contributed by atoms with van der Waals surface area (Å²) in [5, 5.41) is 3.17. The Morgan fingerprint density at radius 3 is 2.74 bits per heavy atom. The lowest BCUT2D eigenvalue weighted by Gasteiger charge is -2.09. The Kier molecular flexibility index (Phi) is 3.51. The van der Waals surface area contributed by atoms with Gasteiger partial charge >= 0.3 is 11.9 Å². The van der Waals surface area contributed by atoms with Crippen molar-refractivity contribution in [2.45, 2.75) is 12.7 Å². The van der Waals surface area contributed by atoms with E-state index in [1.54, 1.807) is 24.1 Å². The monoisotopic (exact) mass is 324 g/mol. The number of halogens is 3. The van der Waals surface area contributed by atoms with Crippen LogP contribution >= 0.6 is 0 Å². The number of rotatable bonds is 3. The Morgan fingerprint density at radius 1 is 1.30 bits per heavy atom. The van der Waals surface area contributed by atoms with Gasteiger partial charge in [-0.3, -0.25) is 4.98 Å². The van der Waals surface area contributed by atoms with Gasteiger partial charge in [0.1, 0.15) is 17.2 Å². The average Bonchev–Trinajstić information content (AvgIpc) is 2.88. The number of imidazole rings is 1. The van der Waals surface area contributed by atoms with Crippen molar-refractivity contribution in [3.63, 3.8) is 0 Å². The van der Waals surface area contributed by atoms with E-state index in [-0.39, 0.29) is 23.4 Å². The van der Waals surface area contributed by atoms with E-state index in [1.807, 2.05) is 0 Å². The molecule has 0 aliphatic rings. The summed E-state index contributed by atoms with van der Waals surface area (Å²) in [5.41, 5.74) is -1.35. The van der Waals surface area contributed by atoms with E-state index in [2.05, 4.69) is 25.3 Å². The molecular weight excluding hydrogens is 313 g/mol. The average molecular weight is 324 g/mol. The number of hydrogen-bond donors (Lipinski definition) is 2. The minimum absolute atomic E-state index is 0.149. The Labute approximate surface area is 127 Å². The number of alkyl halides is 3. The number of nitrogens with zero attached hydrogens (tertiary/aromatic N) is 4. The van der Waals surface area contributed by atoms with Crippen LogP contribution in [0.15, 0.2) is 29.5 Å². The summed E-state index contributed by atoms with van der Waals surface area (Å²) in [6.07, 6.45) is -1.21. The van der Waals surface area contributed by atoms with Gasteiger partial charge in [0, 0.05) is 13.2 Å². The number of H-pyrrole nitrogens is 1. The van der Waals surface area contributed by atoms with Crippen LogP contribution < -0.4 is 11.0 Å². The van der Waals surface area contributed by atoms with Crippen molar-refractivity contribution in [2.24, 2.45) is 7.05 Å². The Hall–Kier alpha value is -2.91. The molecule has 10 heteroatoms. The van der Waals surface area contributed by atoms with Crippen molar-refractivity contribution in [1.82, 2.24) is 24.5 Å². The molecule has 0 aliphatic carbocycles. The lowest BCUT2D eigenvalue weighted by Crippen LogP contribution is -2.16. The van der Waals surface area contributed by atoms with Gasteiger partial charge in [-0.25, -0.2) is 14.8 Å². The maximum atomic E-state index is 12.7. The molecule has 0 amide bonds. The number of fused-ring (bicyclic) bond motifs is 1. The van der Waals surface area contributed by atoms with Crippen molar-refractivity contribution in [3.05, 3.63) is 46.5 Å². The summed E-state index contributed by atoms with van der Waals surface area (Å²) in [6, 6.07) is 2.06. The van der Waals surface area contributed by atoms with Gasteiger partial charge in [0.15, 0.2) is 0 Å². The molecule has 0 aromatic carbocycles. The molecule has 0 saturated carbocycles. The summed E-state index contributed by atoms with van der Waals surface area (Å²) >= 11 is 0. The van der Waals surface area contributed by atoms with Crippen LogP contribution in [0.4, 0.5) is 19.0 Å². The predicted octanol–water partition coefficient (Wildman–Crippen LogP) is 1.68. The molecule has 7 nitrogen and oxygen atoms in total. The van der Waals surface area contributed by atoms with Gasteiger partial charge in [0.25, 0.3) is 0 Å². The van der Waals surface area contributed by atoms with E-state index in [9.17, 15) is 18.0 Å². The molecule has 3 aromatic rings. The number of anilines is 1. The third-order valence-corrected chi connectivity index (χ3v) is 3.07. The lowest BCUT2D eigenvalue weighted by atomic mass is 10.2. The normalized spacial score (nSPS) is 11.8. The number of nitrogens with one attached hydrogen (secondary N) is 2. The molecule has 0 radical (unpaired) electrons. The summed E-state index contributed by atoms with van der Waals surface area (Å²) < 4.78 is 39.8. The zero-order valence-electron chi connectivity index (χ0n) is 11.8. The van der Waals surface area contributed by atoms with Crippen molar-refractivity contribution < 1.29 is 13.2 Å². The van der Waals surface area contributed by atoms with Crippen molar-refractivity contribution in [1.29, 1.82) is 0 Å². The van der Waals surface area contributed by atoms with Gasteiger partial charge in [0.2, 0.25) is 0 Å². The molecule has 0 spiro atoms. The SMILES string of the molecule is Cn1cnc(CNc2nc(=O)[nH]c3nc(C(F)(F)F)ccc23)c1. The maximum Gasteiger partial charge on any atom is 0.433 e. The molecule has 0 fully saturated rings. The molecule has 2 N–H and O–H groups in total. The molecule has 0 bridgehead atoms. The van der Waals surface area contributed by atoms with Crippen LogP contribution in [0.3, 0.4) is 0 Å². The zero-order valence-corrected chi connectivity index (χ0v) is 11.8. The standard InChI is InChI=1S/C13H11F3N6O/c1-22-5-7(18-6-22)4-17-10-8-2-3-9(13(14,15)16)19-11(8)21-12(23)20-10/h2-3,5-6H,4H2,1H3,(H2,17,19,20,21,23). The fourth-order valence-electron chi connectivity index (χ4n) is 2.06. The van der Waals surface area contributed by atoms with Crippen LogP contribution in [0.5, 0.6) is 0 Å². The van der Waals surface area contributed by atoms with Gasteiger partial charge < -0.3 is 9.88 Å². The lowest BCUT2D eigenvalue weighted by molar-refractivity contribution is -0.141. The van der Waals surface area contributed by atoms with E-state index in [4.69, 9.17) is 0 Å². The van der Waals surface area contributed by atoms with E-state index in [1.165, 1.54) is 6.07 Å². The highest BCUT2D eigenvalue weighted by Gasteiger charge is 2.32. The highest BCUT2D eigenvalue weighted by molar-refractivity contribution is 5.86. The first kappa shape index (κ1) is 15.0. The third-order valence-electron chi connectivity index (χ3n) is 3.07. The molecule has 0 unspecified atom stereocenters.